The molecule has 0 bridgehead atoms. The van der Waals surface area contributed by atoms with E-state index in [4.69, 9.17) is 10.00 Å². The van der Waals surface area contributed by atoms with Gasteiger partial charge in [-0.25, -0.2) is 4.39 Å². The van der Waals surface area contributed by atoms with Crippen LogP contribution in [0, 0.1) is 23.1 Å². The average molecular weight is 288 g/mol. The Morgan fingerprint density at radius 1 is 1.52 bits per heavy atom. The van der Waals surface area contributed by atoms with Crippen molar-refractivity contribution in [2.45, 2.75) is 19.4 Å². The minimum atomic E-state index is -0.545. The molecule has 5 heteroatoms. The van der Waals surface area contributed by atoms with Gasteiger partial charge in [0, 0.05) is 18.1 Å². The van der Waals surface area contributed by atoms with Crippen LogP contribution in [0.3, 0.4) is 0 Å². The molecule has 0 spiro atoms. The van der Waals surface area contributed by atoms with Gasteiger partial charge in [-0.05, 0) is 37.1 Å². The van der Waals surface area contributed by atoms with Gasteiger partial charge in [-0.3, -0.25) is 4.79 Å². The predicted octanol–water partition coefficient (Wildman–Crippen LogP) is 2.27. The lowest BCUT2D eigenvalue weighted by atomic mass is 10.00. The Balaban J connectivity index is 2.01. The Morgan fingerprint density at radius 2 is 2.24 bits per heavy atom. The van der Waals surface area contributed by atoms with Crippen molar-refractivity contribution in [1.82, 2.24) is 5.32 Å². The van der Waals surface area contributed by atoms with Crippen LogP contribution in [0.1, 0.15) is 18.9 Å². The van der Waals surface area contributed by atoms with Crippen molar-refractivity contribution in [3.8, 4) is 6.07 Å². The van der Waals surface area contributed by atoms with Crippen LogP contribution in [-0.4, -0.2) is 25.2 Å². The average Bonchev–Trinajstić information content (AvgIpc) is 3.01. The third-order valence-corrected chi connectivity index (χ3v) is 3.47. The zero-order valence-electron chi connectivity index (χ0n) is 11.8. The predicted molar refractivity (Wildman–Crippen MR) is 76.5 cm³/mol. The van der Waals surface area contributed by atoms with Crippen LogP contribution in [0.25, 0.3) is 6.08 Å². The molecule has 1 fully saturated rings. The second-order valence-corrected chi connectivity index (χ2v) is 5.08. The minimum absolute atomic E-state index is 0.0394. The molecule has 1 aromatic carbocycles. The summed E-state index contributed by atoms with van der Waals surface area (Å²) >= 11 is 0. The Labute approximate surface area is 123 Å². The fourth-order valence-electron chi connectivity index (χ4n) is 2.20. The van der Waals surface area contributed by atoms with Crippen molar-refractivity contribution in [2.75, 3.05) is 13.2 Å². The Kier molecular flexibility index (Phi) is 5.07. The smallest absolute Gasteiger partial charge is 0.247 e. The van der Waals surface area contributed by atoms with Gasteiger partial charge in [0.2, 0.25) is 5.91 Å². The van der Waals surface area contributed by atoms with E-state index in [-0.39, 0.29) is 17.6 Å². The van der Waals surface area contributed by atoms with E-state index in [2.05, 4.69) is 11.4 Å². The number of nitrogens with one attached hydrogen (secondary N) is 1. The number of rotatable bonds is 4. The normalized spacial score (nSPS) is 19.9. The first kappa shape index (κ1) is 15.2. The van der Waals surface area contributed by atoms with E-state index >= 15 is 0 Å². The quantitative estimate of drug-likeness (QED) is 0.865. The van der Waals surface area contributed by atoms with Gasteiger partial charge in [0.1, 0.15) is 11.9 Å². The molecule has 1 aromatic rings. The highest BCUT2D eigenvalue weighted by atomic mass is 19.1. The maximum atomic E-state index is 12.8. The van der Waals surface area contributed by atoms with Crippen LogP contribution in [0.4, 0.5) is 4.39 Å². The van der Waals surface area contributed by atoms with E-state index in [0.717, 1.165) is 12.0 Å². The number of hydrogen-bond acceptors (Lipinski definition) is 3. The van der Waals surface area contributed by atoms with E-state index in [9.17, 15) is 9.18 Å². The minimum Gasteiger partial charge on any atom is -0.381 e. The van der Waals surface area contributed by atoms with Crippen LogP contribution in [0.2, 0.25) is 0 Å². The third-order valence-electron chi connectivity index (χ3n) is 3.47. The van der Waals surface area contributed by atoms with Gasteiger partial charge in [0.05, 0.1) is 12.7 Å². The summed E-state index contributed by atoms with van der Waals surface area (Å²) in [4.78, 5) is 12.1. The summed E-state index contributed by atoms with van der Waals surface area (Å²) in [5, 5.41) is 11.9. The first-order chi connectivity index (χ1) is 10.1. The summed E-state index contributed by atoms with van der Waals surface area (Å²) in [6.07, 6.45) is 2.44. The summed E-state index contributed by atoms with van der Waals surface area (Å²) in [7, 11) is 0. The van der Waals surface area contributed by atoms with Crippen LogP contribution in [0.15, 0.2) is 29.8 Å². The lowest BCUT2D eigenvalue weighted by molar-refractivity contribution is -0.118. The highest BCUT2D eigenvalue weighted by Gasteiger charge is 2.27. The molecule has 21 heavy (non-hydrogen) atoms. The molecular formula is C16H17FN2O2. The van der Waals surface area contributed by atoms with Crippen molar-refractivity contribution in [1.29, 1.82) is 5.26 Å². The molecule has 0 aromatic heterocycles. The molecule has 1 saturated heterocycles. The van der Waals surface area contributed by atoms with Gasteiger partial charge >= 0.3 is 0 Å². The monoisotopic (exact) mass is 288 g/mol. The van der Waals surface area contributed by atoms with E-state index in [1.54, 1.807) is 25.1 Å². The van der Waals surface area contributed by atoms with Gasteiger partial charge in [0.15, 0.2) is 0 Å². The standard InChI is InChI=1S/C16H17FN2O2/c1-11(8-12-2-4-14(17)5-3-12)16(20)19-15(9-18)13-6-7-21-10-13/h2-5,8,13,15H,6-7,10H2,1H3,(H,19,20)/b11-8-/t13-,15-/m1/s1. The molecule has 1 heterocycles. The zero-order valence-corrected chi connectivity index (χ0v) is 11.8. The van der Waals surface area contributed by atoms with Gasteiger partial charge in [0.25, 0.3) is 0 Å². The van der Waals surface area contributed by atoms with E-state index < -0.39 is 6.04 Å². The molecule has 1 amide bonds. The topological polar surface area (TPSA) is 62.1 Å². The first-order valence-corrected chi connectivity index (χ1v) is 6.82. The summed E-state index contributed by atoms with van der Waals surface area (Å²) in [5.74, 6) is -0.574. The molecule has 1 aliphatic heterocycles. The van der Waals surface area contributed by atoms with Crippen molar-refractivity contribution in [2.24, 2.45) is 5.92 Å². The molecule has 110 valence electrons. The molecule has 0 unspecified atom stereocenters. The summed E-state index contributed by atoms with van der Waals surface area (Å²) in [6.45, 7) is 2.79. The first-order valence-electron chi connectivity index (χ1n) is 6.82. The molecule has 0 saturated carbocycles. The van der Waals surface area contributed by atoms with E-state index in [1.165, 1.54) is 12.1 Å². The highest BCUT2D eigenvalue weighted by molar-refractivity contribution is 5.97. The molecule has 0 radical (unpaired) electrons. The Hall–Kier alpha value is -2.19. The number of ether oxygens (including phenoxy) is 1. The summed E-state index contributed by atoms with van der Waals surface area (Å²) in [5.41, 5.74) is 1.21. The summed E-state index contributed by atoms with van der Waals surface area (Å²) < 4.78 is 18.1. The van der Waals surface area contributed by atoms with Crippen LogP contribution >= 0.6 is 0 Å². The van der Waals surface area contributed by atoms with Gasteiger partial charge in [-0.2, -0.15) is 5.26 Å². The van der Waals surface area contributed by atoms with Crippen molar-refractivity contribution >= 4 is 12.0 Å². The number of carbonyl (C=O) groups is 1. The largest absolute Gasteiger partial charge is 0.381 e. The molecule has 0 aliphatic carbocycles. The number of benzene rings is 1. The van der Waals surface area contributed by atoms with Crippen molar-refractivity contribution in [3.05, 3.63) is 41.2 Å². The number of amides is 1. The van der Waals surface area contributed by atoms with Crippen LogP contribution in [0.5, 0.6) is 0 Å². The van der Waals surface area contributed by atoms with Crippen molar-refractivity contribution < 1.29 is 13.9 Å². The van der Waals surface area contributed by atoms with E-state index in [0.29, 0.717) is 18.8 Å². The number of nitrogens with zero attached hydrogens (tertiary/aromatic N) is 1. The third kappa shape index (κ3) is 4.14. The maximum Gasteiger partial charge on any atom is 0.247 e. The molecule has 4 nitrogen and oxygen atoms in total. The van der Waals surface area contributed by atoms with Gasteiger partial charge in [-0.1, -0.05) is 12.1 Å². The zero-order chi connectivity index (χ0) is 15.2. The lowest BCUT2D eigenvalue weighted by Gasteiger charge is -2.16. The second kappa shape index (κ2) is 7.00. The molecular weight excluding hydrogens is 271 g/mol. The lowest BCUT2D eigenvalue weighted by Crippen LogP contribution is -2.39. The SMILES string of the molecule is C/C(=C/c1ccc(F)cc1)C(=O)N[C@H](C#N)[C@@H]1CCOC1. The molecule has 1 aliphatic rings. The Bertz CT molecular complexity index is 569. The van der Waals surface area contributed by atoms with Crippen molar-refractivity contribution in [3.63, 3.8) is 0 Å². The fraction of sp³-hybridized carbons (Fsp3) is 0.375. The van der Waals surface area contributed by atoms with Gasteiger partial charge < -0.3 is 10.1 Å². The van der Waals surface area contributed by atoms with Crippen LogP contribution in [-0.2, 0) is 9.53 Å². The number of hydrogen-bond donors (Lipinski definition) is 1. The Morgan fingerprint density at radius 3 is 2.81 bits per heavy atom. The summed E-state index contributed by atoms with van der Waals surface area (Å²) in [6, 6.07) is 7.44. The number of carbonyl (C=O) groups excluding carboxylic acids is 1. The van der Waals surface area contributed by atoms with Gasteiger partial charge in [-0.15, -0.1) is 0 Å². The van der Waals surface area contributed by atoms with E-state index in [1.807, 2.05) is 0 Å². The van der Waals surface area contributed by atoms with Crippen LogP contribution < -0.4 is 5.32 Å². The second-order valence-electron chi connectivity index (χ2n) is 5.08. The molecule has 2 atom stereocenters. The number of halogens is 1. The molecule has 1 N–H and O–H groups in total. The number of nitriles is 1. The highest BCUT2D eigenvalue weighted by Crippen LogP contribution is 2.17. The maximum absolute atomic E-state index is 12.8. The molecule has 2 rings (SSSR count). The fourth-order valence-corrected chi connectivity index (χ4v) is 2.20.